The molecule has 0 spiro atoms. The molecule has 0 aromatic carbocycles. The number of carbonyl (C=O) groups is 1. The van der Waals surface area contributed by atoms with E-state index in [0.717, 1.165) is 26.2 Å². The smallest absolute Gasteiger partial charge is 0.288 e. The fraction of sp³-hybridized carbons (Fsp3) is 0.375. The molecule has 138 valence electrons. The molecule has 0 aliphatic carbocycles. The van der Waals surface area contributed by atoms with E-state index in [1.165, 1.54) is 6.33 Å². The number of pyridine rings is 1. The summed E-state index contributed by atoms with van der Waals surface area (Å²) in [7, 11) is 0. The first kappa shape index (κ1) is 17.8. The lowest BCUT2D eigenvalue weighted by Crippen LogP contribution is -2.47. The standard InChI is InChI=1S/C16H22N8O2/c17-13-14(21-22-16(26)12-3-1-2-4-18-12)19-11-20-15(13)24-7-5-23(6-8-24)9-10-25/h1-4,11,25H,5-10,17H2,(H,22,26)(H,19,20,21). The lowest BCUT2D eigenvalue weighted by Gasteiger charge is -2.35. The number of rotatable bonds is 6. The van der Waals surface area contributed by atoms with Gasteiger partial charge in [-0.1, -0.05) is 6.07 Å². The molecule has 3 rings (SSSR count). The summed E-state index contributed by atoms with van der Waals surface area (Å²) < 4.78 is 0. The van der Waals surface area contributed by atoms with E-state index in [-0.39, 0.29) is 18.2 Å². The van der Waals surface area contributed by atoms with E-state index in [9.17, 15) is 4.79 Å². The van der Waals surface area contributed by atoms with Crippen molar-refractivity contribution in [1.29, 1.82) is 0 Å². The monoisotopic (exact) mass is 358 g/mol. The number of hydrogen-bond acceptors (Lipinski definition) is 9. The Kier molecular flexibility index (Phi) is 5.77. The minimum Gasteiger partial charge on any atom is -0.395 e. The normalized spacial score (nSPS) is 14.9. The summed E-state index contributed by atoms with van der Waals surface area (Å²) in [6, 6.07) is 5.08. The summed E-state index contributed by atoms with van der Waals surface area (Å²) >= 11 is 0. The maximum atomic E-state index is 12.1. The topological polar surface area (TPSA) is 133 Å². The summed E-state index contributed by atoms with van der Waals surface area (Å²) in [5.74, 6) is 0.568. The average molecular weight is 358 g/mol. The van der Waals surface area contributed by atoms with Crippen LogP contribution in [0.25, 0.3) is 0 Å². The summed E-state index contributed by atoms with van der Waals surface area (Å²) in [6.07, 6.45) is 2.95. The van der Waals surface area contributed by atoms with Gasteiger partial charge >= 0.3 is 0 Å². The van der Waals surface area contributed by atoms with Crippen LogP contribution in [0.1, 0.15) is 10.5 Å². The molecule has 5 N–H and O–H groups in total. The number of β-amino-alcohol motifs (C(OH)–C–C–N with tert-alkyl or cyclic N) is 1. The van der Waals surface area contributed by atoms with Crippen LogP contribution in [0.2, 0.25) is 0 Å². The number of aliphatic hydroxyl groups excluding tert-OH is 1. The van der Waals surface area contributed by atoms with E-state index >= 15 is 0 Å². The third-order valence-electron chi connectivity index (χ3n) is 4.14. The summed E-state index contributed by atoms with van der Waals surface area (Å²) in [6.45, 7) is 3.97. The zero-order valence-electron chi connectivity index (χ0n) is 14.3. The molecule has 1 aliphatic rings. The largest absolute Gasteiger partial charge is 0.395 e. The van der Waals surface area contributed by atoms with Gasteiger partial charge in [-0.15, -0.1) is 0 Å². The molecule has 1 fully saturated rings. The van der Waals surface area contributed by atoms with Crippen LogP contribution in [0.5, 0.6) is 0 Å². The van der Waals surface area contributed by atoms with Crippen molar-refractivity contribution in [2.24, 2.45) is 0 Å². The van der Waals surface area contributed by atoms with E-state index in [1.807, 2.05) is 0 Å². The molecule has 2 aromatic rings. The van der Waals surface area contributed by atoms with Gasteiger partial charge in [-0.3, -0.25) is 25.5 Å². The fourth-order valence-corrected chi connectivity index (χ4v) is 2.74. The van der Waals surface area contributed by atoms with Gasteiger partial charge in [0.25, 0.3) is 5.91 Å². The molecule has 0 atom stereocenters. The van der Waals surface area contributed by atoms with Gasteiger partial charge in [0.2, 0.25) is 0 Å². The number of aliphatic hydroxyl groups is 1. The van der Waals surface area contributed by atoms with Crippen molar-refractivity contribution in [3.63, 3.8) is 0 Å². The Morgan fingerprint density at radius 3 is 2.69 bits per heavy atom. The van der Waals surface area contributed by atoms with E-state index < -0.39 is 0 Å². The second-order valence-electron chi connectivity index (χ2n) is 5.81. The fourth-order valence-electron chi connectivity index (χ4n) is 2.74. The van der Waals surface area contributed by atoms with Crippen molar-refractivity contribution >= 4 is 23.2 Å². The Morgan fingerprint density at radius 1 is 1.19 bits per heavy atom. The Bertz CT molecular complexity index is 734. The van der Waals surface area contributed by atoms with Crippen LogP contribution in [0.4, 0.5) is 17.3 Å². The van der Waals surface area contributed by atoms with Gasteiger partial charge in [0.1, 0.15) is 17.7 Å². The van der Waals surface area contributed by atoms with E-state index in [4.69, 9.17) is 10.8 Å². The number of aromatic nitrogens is 3. The SMILES string of the molecule is Nc1c(NNC(=O)c2ccccn2)ncnc1N1CCN(CCO)CC1. The van der Waals surface area contributed by atoms with Crippen molar-refractivity contribution in [1.82, 2.24) is 25.3 Å². The molecular formula is C16H22N8O2. The van der Waals surface area contributed by atoms with Crippen molar-refractivity contribution in [2.75, 3.05) is 55.4 Å². The van der Waals surface area contributed by atoms with Crippen LogP contribution in [0.3, 0.4) is 0 Å². The maximum absolute atomic E-state index is 12.1. The highest BCUT2D eigenvalue weighted by molar-refractivity contribution is 5.93. The maximum Gasteiger partial charge on any atom is 0.288 e. The zero-order chi connectivity index (χ0) is 18.4. The minimum atomic E-state index is -0.386. The molecule has 26 heavy (non-hydrogen) atoms. The van der Waals surface area contributed by atoms with Gasteiger partial charge < -0.3 is 15.7 Å². The number of nitrogen functional groups attached to an aromatic ring is 1. The Balaban J connectivity index is 1.63. The number of amides is 1. The number of piperazine rings is 1. The number of nitrogens with one attached hydrogen (secondary N) is 2. The van der Waals surface area contributed by atoms with Crippen molar-refractivity contribution in [3.05, 3.63) is 36.4 Å². The van der Waals surface area contributed by atoms with Crippen LogP contribution in [0, 0.1) is 0 Å². The molecule has 0 bridgehead atoms. The van der Waals surface area contributed by atoms with Crippen molar-refractivity contribution < 1.29 is 9.90 Å². The number of hydrogen-bond donors (Lipinski definition) is 4. The highest BCUT2D eigenvalue weighted by Gasteiger charge is 2.21. The van der Waals surface area contributed by atoms with Gasteiger partial charge in [0.05, 0.1) is 6.61 Å². The summed E-state index contributed by atoms with van der Waals surface area (Å²) in [5.41, 5.74) is 12.1. The zero-order valence-corrected chi connectivity index (χ0v) is 14.3. The van der Waals surface area contributed by atoms with Crippen molar-refractivity contribution in [3.8, 4) is 0 Å². The van der Waals surface area contributed by atoms with Gasteiger partial charge in [-0.2, -0.15) is 0 Å². The Hall–Kier alpha value is -2.98. The second kappa shape index (κ2) is 8.41. The Labute approximate surface area is 151 Å². The van der Waals surface area contributed by atoms with E-state index in [0.29, 0.717) is 23.9 Å². The molecule has 0 saturated carbocycles. The molecule has 3 heterocycles. The number of anilines is 3. The third kappa shape index (κ3) is 4.16. The van der Waals surface area contributed by atoms with Crippen LogP contribution < -0.4 is 21.5 Å². The molecule has 2 aromatic heterocycles. The van der Waals surface area contributed by atoms with Crippen LogP contribution in [-0.2, 0) is 0 Å². The molecule has 1 aliphatic heterocycles. The lowest BCUT2D eigenvalue weighted by molar-refractivity contribution is 0.0957. The highest BCUT2D eigenvalue weighted by Crippen LogP contribution is 2.26. The molecular weight excluding hydrogens is 336 g/mol. The molecule has 10 heteroatoms. The van der Waals surface area contributed by atoms with Gasteiger partial charge in [-0.25, -0.2) is 9.97 Å². The summed E-state index contributed by atoms with van der Waals surface area (Å²) in [4.78, 5) is 28.7. The minimum absolute atomic E-state index is 0.152. The number of carbonyl (C=O) groups excluding carboxylic acids is 1. The predicted octanol–water partition coefficient (Wildman–Crippen LogP) is -0.675. The molecule has 1 saturated heterocycles. The average Bonchev–Trinajstić information content (AvgIpc) is 2.69. The van der Waals surface area contributed by atoms with Crippen LogP contribution in [0.15, 0.2) is 30.7 Å². The molecule has 10 nitrogen and oxygen atoms in total. The summed E-state index contributed by atoms with van der Waals surface area (Å²) in [5, 5.41) is 9.03. The van der Waals surface area contributed by atoms with Gasteiger partial charge in [0, 0.05) is 38.9 Å². The van der Waals surface area contributed by atoms with E-state index in [1.54, 1.807) is 24.4 Å². The first-order valence-electron chi connectivity index (χ1n) is 8.35. The Morgan fingerprint density at radius 2 is 2.00 bits per heavy atom. The molecule has 1 amide bonds. The second-order valence-corrected chi connectivity index (χ2v) is 5.81. The molecule has 0 radical (unpaired) electrons. The highest BCUT2D eigenvalue weighted by atomic mass is 16.3. The van der Waals surface area contributed by atoms with Crippen LogP contribution >= 0.6 is 0 Å². The van der Waals surface area contributed by atoms with E-state index in [2.05, 4.69) is 35.6 Å². The quantitative estimate of drug-likeness (QED) is 0.496. The number of hydrazine groups is 1. The first-order chi connectivity index (χ1) is 12.7. The van der Waals surface area contributed by atoms with Crippen molar-refractivity contribution in [2.45, 2.75) is 0 Å². The number of nitrogens with two attached hydrogens (primary N) is 1. The van der Waals surface area contributed by atoms with Crippen LogP contribution in [-0.4, -0.2) is 70.2 Å². The van der Waals surface area contributed by atoms with Gasteiger partial charge in [0.15, 0.2) is 11.6 Å². The first-order valence-corrected chi connectivity index (χ1v) is 8.35. The predicted molar refractivity (Wildman–Crippen MR) is 97.5 cm³/mol. The number of nitrogens with zero attached hydrogens (tertiary/aromatic N) is 5. The van der Waals surface area contributed by atoms with Gasteiger partial charge in [-0.05, 0) is 12.1 Å². The lowest BCUT2D eigenvalue weighted by atomic mass is 10.3. The molecule has 0 unspecified atom stereocenters. The third-order valence-corrected chi connectivity index (χ3v) is 4.14.